The van der Waals surface area contributed by atoms with E-state index in [0.717, 1.165) is 0 Å². The maximum absolute atomic E-state index is 5.44. The summed E-state index contributed by atoms with van der Waals surface area (Å²) in [6, 6.07) is 0. The predicted molar refractivity (Wildman–Crippen MR) is 30.0 cm³/mol. The smallest absolute Gasteiger partial charge is 0.622 e. The van der Waals surface area contributed by atoms with E-state index in [9.17, 15) is 0 Å². The molecule has 0 saturated carbocycles. The first kappa shape index (κ1) is 10.6. The van der Waals surface area contributed by atoms with Gasteiger partial charge in [0.2, 0.25) is 0 Å². The zero-order valence-corrected chi connectivity index (χ0v) is 5.73. The van der Waals surface area contributed by atoms with Crippen molar-refractivity contribution in [1.29, 1.82) is 0 Å². The Morgan fingerprint density at radius 3 is 1.29 bits per heavy atom. The second-order valence-corrected chi connectivity index (χ2v) is 2.10. The van der Waals surface area contributed by atoms with Gasteiger partial charge in [0.25, 0.3) is 0 Å². The fourth-order valence-electron chi connectivity index (χ4n) is 0. The molecule has 1 atom stereocenters. The van der Waals surface area contributed by atoms with Crippen molar-refractivity contribution < 1.29 is 18.9 Å². The van der Waals surface area contributed by atoms with E-state index in [2.05, 4.69) is 13.8 Å². The summed E-state index contributed by atoms with van der Waals surface area (Å²) in [4.78, 5) is 0. The number of rotatable bonds is 1. The molecular weight excluding hydrogens is 77.8 g/mol. The Labute approximate surface area is 59.6 Å². The molecule has 7 heavy (non-hydrogen) atoms. The van der Waals surface area contributed by atoms with Gasteiger partial charge in [-0.3, -0.25) is 5.82 Å². The van der Waals surface area contributed by atoms with E-state index in [1.807, 2.05) is 6.92 Å². The molecule has 0 N–H and O–H groups in total. The van der Waals surface area contributed by atoms with Crippen LogP contribution in [0.1, 0.15) is 20.8 Å². The molecule has 0 fully saturated rings. The van der Waals surface area contributed by atoms with Crippen molar-refractivity contribution in [2.75, 3.05) is 0 Å². The molecule has 0 spiro atoms. The molecule has 0 aliphatic rings. The second kappa shape index (κ2) is 4.81. The zero-order valence-electron chi connectivity index (χ0n) is 5.73. The first-order chi connectivity index (χ1) is 2.64. The summed E-state index contributed by atoms with van der Waals surface area (Å²) in [5.41, 5.74) is 0. The van der Waals surface area contributed by atoms with Crippen LogP contribution in [0.4, 0.5) is 0 Å². The minimum Gasteiger partial charge on any atom is -0.622 e. The van der Waals surface area contributed by atoms with Crippen molar-refractivity contribution in [2.45, 2.75) is 26.6 Å². The van der Waals surface area contributed by atoms with Crippen molar-refractivity contribution in [2.24, 2.45) is 5.92 Å². The minimum atomic E-state index is 0. The molecule has 0 aromatic carbocycles. The van der Waals surface area contributed by atoms with Crippen LogP contribution >= 0.6 is 0 Å². The number of hydrogen-bond acceptors (Lipinski definition) is 0. The molecule has 35 valence electrons. The Hall–Kier alpha value is 0.662. The van der Waals surface area contributed by atoms with Crippen LogP contribution in [0.2, 0.25) is 5.82 Å². The summed E-state index contributed by atoms with van der Waals surface area (Å²) in [7, 11) is 5.44. The predicted octanol–water partition coefficient (Wildman–Crippen LogP) is -1.38. The normalized spacial score (nSPS) is 13.3. The van der Waals surface area contributed by atoms with Crippen LogP contribution in [0, 0.1) is 5.92 Å². The maximum Gasteiger partial charge on any atom is 1.00 e. The van der Waals surface area contributed by atoms with Crippen LogP contribution in [0.25, 0.3) is 0 Å². The Morgan fingerprint density at radius 1 is 1.14 bits per heavy atom. The topological polar surface area (TPSA) is 0 Å². The standard InChI is InChI=1S/C5H11B.Li/c1-4(2)5(3)6;/h4-5H,1-3H3;/q-1;+1/t5-;/m0./s1. The summed E-state index contributed by atoms with van der Waals surface area (Å²) in [5.74, 6) is 0.981. The van der Waals surface area contributed by atoms with Crippen LogP contribution in [0.3, 0.4) is 0 Å². The van der Waals surface area contributed by atoms with Gasteiger partial charge >= 0.3 is 18.9 Å². The maximum atomic E-state index is 5.44. The molecule has 0 nitrogen and oxygen atoms in total. The average Bonchev–Trinajstić information content (AvgIpc) is 1.36. The Bertz CT molecular complexity index is 29.1. The fourth-order valence-corrected chi connectivity index (χ4v) is 0. The largest absolute Gasteiger partial charge is 1.00 e. The van der Waals surface area contributed by atoms with Gasteiger partial charge < -0.3 is 7.85 Å². The molecule has 3 radical (unpaired) electrons. The van der Waals surface area contributed by atoms with Gasteiger partial charge in [-0.05, 0) is 0 Å². The SMILES string of the molecule is [B-][C@@H](C)C(C)C.[Li+]. The Morgan fingerprint density at radius 2 is 1.29 bits per heavy atom. The molecular formula is C5H11BLi. The third-order valence-corrected chi connectivity index (χ3v) is 1.05. The molecule has 0 rings (SSSR count). The monoisotopic (exact) mass is 89.1 g/mol. The molecule has 0 amide bonds. The van der Waals surface area contributed by atoms with Crippen LogP contribution in [-0.4, -0.2) is 7.85 Å². The van der Waals surface area contributed by atoms with Gasteiger partial charge in [-0.2, -0.15) is 0 Å². The number of hydrogen-bond donors (Lipinski definition) is 0. The van der Waals surface area contributed by atoms with Crippen molar-refractivity contribution in [3.05, 3.63) is 0 Å². The van der Waals surface area contributed by atoms with Crippen molar-refractivity contribution in [3.63, 3.8) is 0 Å². The molecule has 0 aliphatic heterocycles. The third kappa shape index (κ3) is 6.66. The fraction of sp³-hybridized carbons (Fsp3) is 1.00. The third-order valence-electron chi connectivity index (χ3n) is 1.05. The van der Waals surface area contributed by atoms with Gasteiger partial charge in [-0.15, -0.1) is 6.92 Å². The van der Waals surface area contributed by atoms with Crippen molar-refractivity contribution >= 4 is 7.85 Å². The Balaban J connectivity index is 0. The van der Waals surface area contributed by atoms with Gasteiger partial charge in [-0.1, -0.05) is 19.8 Å². The van der Waals surface area contributed by atoms with Gasteiger partial charge in [0, 0.05) is 0 Å². The Kier molecular flexibility index (Phi) is 7.29. The molecule has 0 heterocycles. The van der Waals surface area contributed by atoms with E-state index >= 15 is 0 Å². The van der Waals surface area contributed by atoms with Crippen molar-refractivity contribution in [1.82, 2.24) is 0 Å². The van der Waals surface area contributed by atoms with Crippen LogP contribution in [0.15, 0.2) is 0 Å². The van der Waals surface area contributed by atoms with E-state index in [0.29, 0.717) is 11.7 Å². The first-order valence-corrected chi connectivity index (χ1v) is 2.40. The van der Waals surface area contributed by atoms with Gasteiger partial charge in [0.15, 0.2) is 0 Å². The molecule has 0 bridgehead atoms. The van der Waals surface area contributed by atoms with Crippen LogP contribution in [0.5, 0.6) is 0 Å². The van der Waals surface area contributed by atoms with Crippen LogP contribution in [-0.2, 0) is 0 Å². The summed E-state index contributed by atoms with van der Waals surface area (Å²) in [6.45, 7) is 6.25. The average molecular weight is 88.9 g/mol. The summed E-state index contributed by atoms with van der Waals surface area (Å²) in [6.07, 6.45) is 0. The van der Waals surface area contributed by atoms with E-state index in [1.165, 1.54) is 0 Å². The summed E-state index contributed by atoms with van der Waals surface area (Å²) >= 11 is 0. The molecule has 0 aliphatic carbocycles. The van der Waals surface area contributed by atoms with E-state index < -0.39 is 0 Å². The van der Waals surface area contributed by atoms with Gasteiger partial charge in [0.1, 0.15) is 0 Å². The summed E-state index contributed by atoms with van der Waals surface area (Å²) < 4.78 is 0. The second-order valence-electron chi connectivity index (χ2n) is 2.10. The van der Waals surface area contributed by atoms with Crippen LogP contribution < -0.4 is 18.9 Å². The van der Waals surface area contributed by atoms with Crippen molar-refractivity contribution in [3.8, 4) is 0 Å². The molecule has 2 heteroatoms. The quantitative estimate of drug-likeness (QED) is 0.347. The van der Waals surface area contributed by atoms with Gasteiger partial charge in [-0.25, -0.2) is 0 Å². The zero-order chi connectivity index (χ0) is 5.15. The first-order valence-electron chi connectivity index (χ1n) is 2.40. The molecule has 0 aromatic rings. The van der Waals surface area contributed by atoms with Gasteiger partial charge in [0.05, 0.1) is 0 Å². The minimum absolute atomic E-state index is 0. The molecule has 0 saturated heterocycles. The van der Waals surface area contributed by atoms with E-state index in [4.69, 9.17) is 7.85 Å². The van der Waals surface area contributed by atoms with E-state index in [1.54, 1.807) is 0 Å². The van der Waals surface area contributed by atoms with E-state index in [-0.39, 0.29) is 18.9 Å². The summed E-state index contributed by atoms with van der Waals surface area (Å²) in [5, 5.41) is 0. The molecule has 0 unspecified atom stereocenters. The molecule has 0 aromatic heterocycles.